The zero-order valence-corrected chi connectivity index (χ0v) is 13.2. The van der Waals surface area contributed by atoms with Crippen molar-refractivity contribution < 1.29 is 9.59 Å². The first-order valence-electron chi connectivity index (χ1n) is 8.11. The lowest BCUT2D eigenvalue weighted by Crippen LogP contribution is -2.46. The van der Waals surface area contributed by atoms with Crippen molar-refractivity contribution in [3.05, 3.63) is 0 Å². The highest BCUT2D eigenvalue weighted by atomic mass is 16.2. The van der Waals surface area contributed by atoms with E-state index in [9.17, 15) is 9.59 Å². The fraction of sp³-hybridized carbons (Fsp3) is 0.867. The van der Waals surface area contributed by atoms with Crippen molar-refractivity contribution in [1.29, 1.82) is 0 Å². The van der Waals surface area contributed by atoms with E-state index in [0.29, 0.717) is 25.0 Å². The third-order valence-electron chi connectivity index (χ3n) is 4.25. The average molecular weight is 296 g/mol. The van der Waals surface area contributed by atoms with E-state index >= 15 is 0 Å². The minimum atomic E-state index is -0.0452. The Kier molecular flexibility index (Phi) is 5.85. The van der Waals surface area contributed by atoms with Crippen LogP contribution in [-0.4, -0.2) is 67.0 Å². The van der Waals surface area contributed by atoms with Gasteiger partial charge in [-0.25, -0.2) is 4.79 Å². The third kappa shape index (κ3) is 4.59. The summed E-state index contributed by atoms with van der Waals surface area (Å²) < 4.78 is 0. The fourth-order valence-electron chi connectivity index (χ4n) is 2.93. The number of carbonyl (C=O) groups is 2. The summed E-state index contributed by atoms with van der Waals surface area (Å²) in [6.45, 7) is 8.52. The summed E-state index contributed by atoms with van der Waals surface area (Å²) in [6.07, 6.45) is 3.00. The molecule has 0 unspecified atom stereocenters. The standard InChI is InChI=1S/C15H28N4O2/c1-12(2)3-8-17-14(20)11-18-9-10-19(15(18)21)13-4-6-16-7-5-13/h12-13,16H,3-11H2,1-2H3,(H,17,20). The summed E-state index contributed by atoms with van der Waals surface area (Å²) in [5.41, 5.74) is 0. The molecule has 2 N–H and O–H groups in total. The summed E-state index contributed by atoms with van der Waals surface area (Å²) in [4.78, 5) is 27.9. The van der Waals surface area contributed by atoms with Crippen molar-refractivity contribution >= 4 is 11.9 Å². The number of urea groups is 1. The van der Waals surface area contributed by atoms with E-state index in [4.69, 9.17) is 0 Å². The molecule has 0 bridgehead atoms. The van der Waals surface area contributed by atoms with Crippen LogP contribution in [0.2, 0.25) is 0 Å². The highest BCUT2D eigenvalue weighted by Crippen LogP contribution is 2.18. The number of nitrogens with one attached hydrogen (secondary N) is 2. The number of carbonyl (C=O) groups excluding carboxylic acids is 2. The van der Waals surface area contributed by atoms with Crippen molar-refractivity contribution in [1.82, 2.24) is 20.4 Å². The largest absolute Gasteiger partial charge is 0.355 e. The van der Waals surface area contributed by atoms with Gasteiger partial charge in [-0.2, -0.15) is 0 Å². The van der Waals surface area contributed by atoms with Crippen molar-refractivity contribution in [2.45, 2.75) is 39.2 Å². The molecule has 0 aromatic rings. The van der Waals surface area contributed by atoms with E-state index in [1.807, 2.05) is 4.90 Å². The Morgan fingerprint density at radius 1 is 1.33 bits per heavy atom. The molecule has 0 aromatic carbocycles. The molecule has 21 heavy (non-hydrogen) atoms. The minimum absolute atomic E-state index is 0.0286. The van der Waals surface area contributed by atoms with Crippen molar-refractivity contribution in [3.63, 3.8) is 0 Å². The van der Waals surface area contributed by atoms with Gasteiger partial charge in [0.1, 0.15) is 6.54 Å². The smallest absolute Gasteiger partial charge is 0.320 e. The van der Waals surface area contributed by atoms with Gasteiger partial charge in [0.15, 0.2) is 0 Å². The second-order valence-corrected chi connectivity index (χ2v) is 6.41. The molecule has 0 aromatic heterocycles. The van der Waals surface area contributed by atoms with Crippen molar-refractivity contribution in [2.75, 3.05) is 39.3 Å². The summed E-state index contributed by atoms with van der Waals surface area (Å²) in [6, 6.07) is 0.369. The molecule has 6 nitrogen and oxygen atoms in total. The second-order valence-electron chi connectivity index (χ2n) is 6.41. The molecule has 2 aliphatic rings. The molecular formula is C15H28N4O2. The van der Waals surface area contributed by atoms with E-state index in [0.717, 1.165) is 38.9 Å². The van der Waals surface area contributed by atoms with Crippen LogP contribution >= 0.6 is 0 Å². The molecule has 0 aliphatic carbocycles. The predicted octanol–water partition coefficient (Wildman–Crippen LogP) is 0.638. The molecule has 0 radical (unpaired) electrons. The van der Waals surface area contributed by atoms with E-state index in [-0.39, 0.29) is 18.5 Å². The Morgan fingerprint density at radius 2 is 2.05 bits per heavy atom. The molecular weight excluding hydrogens is 268 g/mol. The Morgan fingerprint density at radius 3 is 2.71 bits per heavy atom. The zero-order chi connectivity index (χ0) is 15.2. The summed E-state index contributed by atoms with van der Waals surface area (Å²) in [5, 5.41) is 6.21. The van der Waals surface area contributed by atoms with E-state index < -0.39 is 0 Å². The van der Waals surface area contributed by atoms with E-state index in [2.05, 4.69) is 24.5 Å². The van der Waals surface area contributed by atoms with Crippen LogP contribution in [0.15, 0.2) is 0 Å². The molecule has 120 valence electrons. The van der Waals surface area contributed by atoms with E-state index in [1.54, 1.807) is 4.90 Å². The normalized spacial score (nSPS) is 20.4. The predicted molar refractivity (Wildman–Crippen MR) is 82.0 cm³/mol. The SMILES string of the molecule is CC(C)CCNC(=O)CN1CCN(C2CCNCC2)C1=O. The lowest BCUT2D eigenvalue weighted by atomic mass is 10.1. The highest BCUT2D eigenvalue weighted by molar-refractivity contribution is 5.85. The Balaban J connectivity index is 1.74. The monoisotopic (exact) mass is 296 g/mol. The van der Waals surface area contributed by atoms with Crippen LogP contribution in [0, 0.1) is 5.92 Å². The third-order valence-corrected chi connectivity index (χ3v) is 4.25. The van der Waals surface area contributed by atoms with Crippen LogP contribution in [0.1, 0.15) is 33.1 Å². The fourth-order valence-corrected chi connectivity index (χ4v) is 2.93. The number of hydrogen-bond acceptors (Lipinski definition) is 3. The maximum absolute atomic E-state index is 12.4. The zero-order valence-electron chi connectivity index (χ0n) is 13.2. The van der Waals surface area contributed by atoms with Gasteiger partial charge >= 0.3 is 6.03 Å². The Labute approximate surface area is 127 Å². The minimum Gasteiger partial charge on any atom is -0.355 e. The highest BCUT2D eigenvalue weighted by Gasteiger charge is 2.34. The maximum Gasteiger partial charge on any atom is 0.320 e. The first-order chi connectivity index (χ1) is 10.1. The topological polar surface area (TPSA) is 64.7 Å². The number of nitrogens with zero attached hydrogens (tertiary/aromatic N) is 2. The van der Waals surface area contributed by atoms with Gasteiger partial charge in [0.2, 0.25) is 5.91 Å². The van der Waals surface area contributed by atoms with E-state index in [1.165, 1.54) is 0 Å². The summed E-state index contributed by atoms with van der Waals surface area (Å²) >= 11 is 0. The average Bonchev–Trinajstić information content (AvgIpc) is 2.81. The number of amides is 3. The van der Waals surface area contributed by atoms with Gasteiger partial charge in [0.25, 0.3) is 0 Å². The lowest BCUT2D eigenvalue weighted by molar-refractivity contribution is -0.121. The van der Waals surface area contributed by atoms with Gasteiger partial charge in [-0.1, -0.05) is 13.8 Å². The van der Waals surface area contributed by atoms with Crippen LogP contribution in [0.5, 0.6) is 0 Å². The molecule has 2 aliphatic heterocycles. The van der Waals surface area contributed by atoms with Gasteiger partial charge in [0.05, 0.1) is 0 Å². The number of piperidine rings is 1. The molecule has 0 atom stereocenters. The molecule has 3 amide bonds. The molecule has 2 heterocycles. The Hall–Kier alpha value is -1.30. The number of rotatable bonds is 6. The maximum atomic E-state index is 12.4. The van der Waals surface area contributed by atoms with Crippen LogP contribution < -0.4 is 10.6 Å². The second kappa shape index (κ2) is 7.64. The molecule has 2 fully saturated rings. The van der Waals surface area contributed by atoms with Crippen LogP contribution in [0.4, 0.5) is 4.79 Å². The number of hydrogen-bond donors (Lipinski definition) is 2. The lowest BCUT2D eigenvalue weighted by Gasteiger charge is -2.31. The molecule has 0 spiro atoms. The van der Waals surface area contributed by atoms with Gasteiger partial charge in [-0.3, -0.25) is 4.79 Å². The van der Waals surface area contributed by atoms with Crippen LogP contribution in [0.3, 0.4) is 0 Å². The van der Waals surface area contributed by atoms with Gasteiger partial charge in [-0.05, 0) is 38.3 Å². The van der Waals surface area contributed by atoms with Gasteiger partial charge in [0, 0.05) is 25.7 Å². The quantitative estimate of drug-likeness (QED) is 0.756. The molecule has 2 rings (SSSR count). The summed E-state index contributed by atoms with van der Waals surface area (Å²) in [7, 11) is 0. The first kappa shape index (κ1) is 16.1. The van der Waals surface area contributed by atoms with Gasteiger partial charge in [-0.15, -0.1) is 0 Å². The Bertz CT molecular complexity index is 367. The van der Waals surface area contributed by atoms with Crippen molar-refractivity contribution in [2.24, 2.45) is 5.92 Å². The van der Waals surface area contributed by atoms with Gasteiger partial charge < -0.3 is 20.4 Å². The molecule has 0 saturated carbocycles. The van der Waals surface area contributed by atoms with Crippen molar-refractivity contribution in [3.8, 4) is 0 Å². The van der Waals surface area contributed by atoms with Crippen LogP contribution in [-0.2, 0) is 4.79 Å². The molecule has 6 heteroatoms. The first-order valence-corrected chi connectivity index (χ1v) is 8.11. The summed E-state index contributed by atoms with van der Waals surface area (Å²) in [5.74, 6) is 0.533. The molecule has 2 saturated heterocycles. The van der Waals surface area contributed by atoms with Crippen LogP contribution in [0.25, 0.3) is 0 Å².